The summed E-state index contributed by atoms with van der Waals surface area (Å²) in [5.74, 6) is 0.0120. The number of hydrogen-bond donors (Lipinski definition) is 1. The Bertz CT molecular complexity index is 295. The lowest BCUT2D eigenvalue weighted by Crippen LogP contribution is -2.40. The molecule has 0 amide bonds. The molecule has 0 aromatic heterocycles. The van der Waals surface area contributed by atoms with Crippen LogP contribution < -0.4 is 0 Å². The van der Waals surface area contributed by atoms with Gasteiger partial charge in [0.2, 0.25) is 0 Å². The van der Waals surface area contributed by atoms with Gasteiger partial charge in [-0.25, -0.2) is 0 Å². The first-order valence-corrected chi connectivity index (χ1v) is 6.86. The molecule has 1 N–H and O–H groups in total. The minimum Gasteiger partial charge on any atom is -0.481 e. The van der Waals surface area contributed by atoms with Gasteiger partial charge in [0.15, 0.2) is 0 Å². The molecular weight excluding hydrogens is 214 g/mol. The second kappa shape index (κ2) is 4.60. The fourth-order valence-electron chi connectivity index (χ4n) is 3.46. The van der Waals surface area contributed by atoms with Crippen LogP contribution in [0.4, 0.5) is 0 Å². The zero-order valence-electron chi connectivity index (χ0n) is 11.3. The third-order valence-electron chi connectivity index (χ3n) is 4.71. The standard InChI is InChI=1S/C14H25NO2/c1-14(2,3)10-7-8-15(9-10)12-6-4-5-11(12)13(16)17/h10-12H,4-9H2,1-3H3,(H,16,17). The predicted molar refractivity (Wildman–Crippen MR) is 67.9 cm³/mol. The highest BCUT2D eigenvalue weighted by molar-refractivity contribution is 5.71. The number of aliphatic carboxylic acids is 1. The van der Waals surface area contributed by atoms with E-state index < -0.39 is 5.97 Å². The highest BCUT2D eigenvalue weighted by Gasteiger charge is 2.41. The summed E-state index contributed by atoms with van der Waals surface area (Å²) < 4.78 is 0. The van der Waals surface area contributed by atoms with E-state index in [1.807, 2.05) is 0 Å². The van der Waals surface area contributed by atoms with E-state index in [-0.39, 0.29) is 5.92 Å². The van der Waals surface area contributed by atoms with Crippen LogP contribution in [0.15, 0.2) is 0 Å². The number of carboxylic acids is 1. The zero-order valence-corrected chi connectivity index (χ0v) is 11.3. The SMILES string of the molecule is CC(C)(C)C1CCN(C2CCCC2C(=O)O)C1. The van der Waals surface area contributed by atoms with Crippen molar-refractivity contribution in [1.29, 1.82) is 0 Å². The van der Waals surface area contributed by atoms with Gasteiger partial charge >= 0.3 is 5.97 Å². The van der Waals surface area contributed by atoms with E-state index in [9.17, 15) is 9.90 Å². The molecule has 0 radical (unpaired) electrons. The molecule has 0 aromatic carbocycles. The van der Waals surface area contributed by atoms with Gasteiger partial charge in [0.1, 0.15) is 0 Å². The second-order valence-electron chi connectivity index (χ2n) is 6.79. The summed E-state index contributed by atoms with van der Waals surface area (Å²) in [6.45, 7) is 9.08. The number of likely N-dealkylation sites (tertiary alicyclic amines) is 1. The van der Waals surface area contributed by atoms with E-state index in [2.05, 4.69) is 25.7 Å². The molecule has 0 bridgehead atoms. The van der Waals surface area contributed by atoms with Crippen molar-refractivity contribution in [3.63, 3.8) is 0 Å². The van der Waals surface area contributed by atoms with Crippen LogP contribution >= 0.6 is 0 Å². The van der Waals surface area contributed by atoms with Crippen molar-refractivity contribution >= 4 is 5.97 Å². The van der Waals surface area contributed by atoms with Crippen LogP contribution in [-0.4, -0.2) is 35.1 Å². The van der Waals surface area contributed by atoms with Gasteiger partial charge in [-0.1, -0.05) is 27.2 Å². The first kappa shape index (κ1) is 12.9. The first-order valence-electron chi connectivity index (χ1n) is 6.86. The summed E-state index contributed by atoms with van der Waals surface area (Å²) in [5.41, 5.74) is 0.353. The third kappa shape index (κ3) is 2.65. The van der Waals surface area contributed by atoms with Crippen LogP contribution in [0.25, 0.3) is 0 Å². The summed E-state index contributed by atoms with van der Waals surface area (Å²) >= 11 is 0. The van der Waals surface area contributed by atoms with Crippen LogP contribution in [0.1, 0.15) is 46.5 Å². The molecule has 1 aliphatic carbocycles. The van der Waals surface area contributed by atoms with Crippen molar-refractivity contribution in [2.75, 3.05) is 13.1 Å². The lowest BCUT2D eigenvalue weighted by Gasteiger charge is -2.30. The van der Waals surface area contributed by atoms with Gasteiger partial charge < -0.3 is 5.11 Å². The molecular formula is C14H25NO2. The molecule has 17 heavy (non-hydrogen) atoms. The van der Waals surface area contributed by atoms with Crippen molar-refractivity contribution in [3.8, 4) is 0 Å². The quantitative estimate of drug-likeness (QED) is 0.805. The molecule has 1 saturated carbocycles. The number of nitrogens with zero attached hydrogens (tertiary/aromatic N) is 1. The van der Waals surface area contributed by atoms with Crippen molar-refractivity contribution in [1.82, 2.24) is 4.90 Å². The lowest BCUT2D eigenvalue weighted by atomic mass is 9.80. The van der Waals surface area contributed by atoms with Gasteiger partial charge in [0.05, 0.1) is 5.92 Å². The molecule has 1 heterocycles. The molecule has 2 rings (SSSR count). The Balaban J connectivity index is 1.98. The van der Waals surface area contributed by atoms with E-state index >= 15 is 0 Å². The van der Waals surface area contributed by atoms with Gasteiger partial charge in [0.25, 0.3) is 0 Å². The lowest BCUT2D eigenvalue weighted by molar-refractivity contribution is -0.143. The van der Waals surface area contributed by atoms with Crippen molar-refractivity contribution < 1.29 is 9.90 Å². The molecule has 2 aliphatic rings. The van der Waals surface area contributed by atoms with Gasteiger partial charge in [-0.15, -0.1) is 0 Å². The summed E-state index contributed by atoms with van der Waals surface area (Å²) in [4.78, 5) is 13.7. The average Bonchev–Trinajstić information content (AvgIpc) is 2.85. The molecule has 1 saturated heterocycles. The molecule has 3 nitrogen and oxygen atoms in total. The predicted octanol–water partition coefficient (Wildman–Crippen LogP) is 2.61. The van der Waals surface area contributed by atoms with Crippen LogP contribution in [0.3, 0.4) is 0 Å². The van der Waals surface area contributed by atoms with Gasteiger partial charge in [-0.3, -0.25) is 9.69 Å². The summed E-state index contributed by atoms with van der Waals surface area (Å²) in [6.07, 6.45) is 4.26. The zero-order chi connectivity index (χ0) is 12.6. The molecule has 98 valence electrons. The first-order chi connectivity index (χ1) is 7.89. The fourth-order valence-corrected chi connectivity index (χ4v) is 3.46. The largest absolute Gasteiger partial charge is 0.481 e. The summed E-state index contributed by atoms with van der Waals surface area (Å²) in [6, 6.07) is 0.305. The van der Waals surface area contributed by atoms with E-state index in [1.165, 1.54) is 6.42 Å². The number of rotatable bonds is 2. The highest BCUT2D eigenvalue weighted by atomic mass is 16.4. The van der Waals surface area contributed by atoms with Crippen molar-refractivity contribution in [2.45, 2.75) is 52.5 Å². The Morgan fingerprint density at radius 3 is 2.47 bits per heavy atom. The molecule has 0 spiro atoms. The maximum absolute atomic E-state index is 11.2. The van der Waals surface area contributed by atoms with Crippen molar-refractivity contribution in [2.24, 2.45) is 17.3 Å². The Kier molecular flexibility index (Phi) is 3.48. The molecule has 1 aliphatic heterocycles. The van der Waals surface area contributed by atoms with Gasteiger partial charge in [-0.05, 0) is 37.1 Å². The Labute approximate surface area is 104 Å². The van der Waals surface area contributed by atoms with E-state index in [0.717, 1.165) is 38.3 Å². The molecule has 2 fully saturated rings. The monoisotopic (exact) mass is 239 g/mol. The van der Waals surface area contributed by atoms with Crippen LogP contribution in [0.2, 0.25) is 0 Å². The Morgan fingerprint density at radius 2 is 1.94 bits per heavy atom. The van der Waals surface area contributed by atoms with Crippen molar-refractivity contribution in [3.05, 3.63) is 0 Å². The Hall–Kier alpha value is -0.570. The summed E-state index contributed by atoms with van der Waals surface area (Å²) in [5, 5.41) is 9.24. The molecule has 3 atom stereocenters. The third-order valence-corrected chi connectivity index (χ3v) is 4.71. The molecule has 3 unspecified atom stereocenters. The number of carboxylic acid groups (broad SMARTS) is 1. The maximum Gasteiger partial charge on any atom is 0.308 e. The van der Waals surface area contributed by atoms with Crippen LogP contribution in [0, 0.1) is 17.3 Å². The van der Waals surface area contributed by atoms with E-state index in [4.69, 9.17) is 0 Å². The molecule has 0 aromatic rings. The minimum atomic E-state index is -0.591. The maximum atomic E-state index is 11.2. The van der Waals surface area contributed by atoms with Gasteiger partial charge in [-0.2, -0.15) is 0 Å². The van der Waals surface area contributed by atoms with Gasteiger partial charge in [0, 0.05) is 12.6 Å². The number of hydrogen-bond acceptors (Lipinski definition) is 2. The topological polar surface area (TPSA) is 40.5 Å². The highest BCUT2D eigenvalue weighted by Crippen LogP contribution is 2.38. The van der Waals surface area contributed by atoms with Crippen LogP contribution in [0.5, 0.6) is 0 Å². The Morgan fingerprint density at radius 1 is 1.24 bits per heavy atom. The smallest absolute Gasteiger partial charge is 0.308 e. The van der Waals surface area contributed by atoms with E-state index in [0.29, 0.717) is 11.5 Å². The summed E-state index contributed by atoms with van der Waals surface area (Å²) in [7, 11) is 0. The van der Waals surface area contributed by atoms with Crippen LogP contribution in [-0.2, 0) is 4.79 Å². The fraction of sp³-hybridized carbons (Fsp3) is 0.929. The molecule has 3 heteroatoms. The van der Waals surface area contributed by atoms with E-state index in [1.54, 1.807) is 0 Å². The normalized spacial score (nSPS) is 35.4. The minimum absolute atomic E-state index is 0.117. The number of carbonyl (C=O) groups is 1. The second-order valence-corrected chi connectivity index (χ2v) is 6.79. The average molecular weight is 239 g/mol.